The third-order valence-corrected chi connectivity index (χ3v) is 11.6. The van der Waals surface area contributed by atoms with Gasteiger partial charge in [0.25, 0.3) is 16.0 Å². The van der Waals surface area contributed by atoms with E-state index in [0.29, 0.717) is 5.39 Å². The van der Waals surface area contributed by atoms with Gasteiger partial charge in [0.2, 0.25) is 6.04 Å². The first kappa shape index (κ1) is 46.7. The first-order chi connectivity index (χ1) is 31.6. The minimum atomic E-state index is -4.82. The number of aromatic hydroxyl groups is 1. The van der Waals surface area contributed by atoms with E-state index in [4.69, 9.17) is 9.47 Å². The van der Waals surface area contributed by atoms with E-state index in [1.807, 2.05) is 0 Å². The Hall–Kier alpha value is -7.30. The zero-order valence-electron chi connectivity index (χ0n) is 33.3. The molecule has 340 valence electrons. The van der Waals surface area contributed by atoms with Gasteiger partial charge in [-0.05, 0) is 65.4 Å². The number of aliphatic hydroxyl groups is 2. The molecule has 23 nitrogen and oxygen atoms in total. The number of amides is 1. The number of aliphatic carboxylic acids is 1. The van der Waals surface area contributed by atoms with Crippen LogP contribution in [0.1, 0.15) is 0 Å². The van der Waals surface area contributed by atoms with Crippen molar-refractivity contribution < 1.29 is 70.0 Å². The van der Waals surface area contributed by atoms with Crippen LogP contribution >= 0.6 is 0 Å². The lowest BCUT2D eigenvalue weighted by molar-refractivity contribution is -0.130. The highest BCUT2D eigenvalue weighted by atomic mass is 32.2. The lowest BCUT2D eigenvalue weighted by Gasteiger charge is -2.13. The number of carbonyl (C=O) groups excluding carboxylic acids is 1. The minimum Gasteiger partial charge on any atom is -0.505 e. The molecule has 0 aromatic heterocycles. The van der Waals surface area contributed by atoms with Crippen molar-refractivity contribution in [2.45, 2.75) is 20.7 Å². The van der Waals surface area contributed by atoms with Crippen LogP contribution in [0.15, 0.2) is 148 Å². The molecule has 1 amide bonds. The number of hydrogen-bond acceptors (Lipinski definition) is 18. The molecule has 66 heavy (non-hydrogen) atoms. The van der Waals surface area contributed by atoms with Gasteiger partial charge in [0.15, 0.2) is 33.6 Å². The van der Waals surface area contributed by atoms with Crippen LogP contribution in [-0.2, 0) is 41.9 Å². The number of anilines is 1. The van der Waals surface area contributed by atoms with Gasteiger partial charge >= 0.3 is 5.97 Å². The summed E-state index contributed by atoms with van der Waals surface area (Å²) < 4.78 is 90.0. The van der Waals surface area contributed by atoms with Crippen LogP contribution in [-0.4, -0.2) is 101 Å². The van der Waals surface area contributed by atoms with E-state index in [9.17, 15) is 60.5 Å². The zero-order valence-corrected chi connectivity index (χ0v) is 35.8. The molecule has 0 fully saturated rings. The van der Waals surface area contributed by atoms with Gasteiger partial charge < -0.3 is 39.0 Å². The van der Waals surface area contributed by atoms with Crippen molar-refractivity contribution >= 4 is 106 Å². The van der Waals surface area contributed by atoms with Gasteiger partial charge in [0.1, 0.15) is 52.4 Å². The highest BCUT2D eigenvalue weighted by Gasteiger charge is 2.41. The number of benzene rings is 6. The maximum atomic E-state index is 13.3. The SMILES string of the molecule is O=C(O)C1=NN(c2ccc(S(=O)O)cc2)C(=O)C1N=Nc1ccc2c(O)c(N=Nc3cc(OCCO)c(N=Nc4ccc5ccccc5c4S(=O)(=O)O)cc3OCCO)c(S(=O)O)cc2c1. The molecule has 0 radical (unpaired) electrons. The molecular weight excluding hydrogens is 929 g/mol. The number of carboxylic acid groups (broad SMARTS) is 1. The van der Waals surface area contributed by atoms with E-state index in [1.165, 1.54) is 72.8 Å². The summed E-state index contributed by atoms with van der Waals surface area (Å²) in [6.45, 7) is -1.50. The lowest BCUT2D eigenvalue weighted by atomic mass is 10.1. The van der Waals surface area contributed by atoms with Crippen LogP contribution < -0.4 is 14.5 Å². The molecule has 6 aromatic carbocycles. The minimum absolute atomic E-state index is 0.0184. The second-order valence-corrected chi connectivity index (χ2v) is 16.7. The molecule has 6 aromatic rings. The number of fused-ring (bicyclic) bond motifs is 2. The number of hydrogen-bond donors (Lipinski definition) is 7. The van der Waals surface area contributed by atoms with Gasteiger partial charge in [-0.3, -0.25) is 9.35 Å². The highest BCUT2D eigenvalue weighted by molar-refractivity contribution is 7.86. The van der Waals surface area contributed by atoms with Crippen molar-refractivity contribution in [1.29, 1.82) is 0 Å². The fraction of sp³-hybridized carbons (Fsp3) is 0.125. The Morgan fingerprint density at radius 1 is 0.742 bits per heavy atom. The molecule has 0 saturated heterocycles. The number of rotatable bonds is 17. The van der Waals surface area contributed by atoms with E-state index in [2.05, 4.69) is 35.8 Å². The lowest BCUT2D eigenvalue weighted by Crippen LogP contribution is -2.33. The first-order valence-electron chi connectivity index (χ1n) is 18.8. The number of aliphatic hydroxyl groups excluding tert-OH is 2. The Morgan fingerprint density at radius 2 is 1.38 bits per heavy atom. The van der Waals surface area contributed by atoms with Crippen molar-refractivity contribution in [1.82, 2.24) is 0 Å². The Balaban J connectivity index is 1.22. The second kappa shape index (κ2) is 19.8. The molecule has 0 spiro atoms. The summed E-state index contributed by atoms with van der Waals surface area (Å²) >= 11 is -5.12. The van der Waals surface area contributed by atoms with Crippen molar-refractivity contribution in [3.63, 3.8) is 0 Å². The van der Waals surface area contributed by atoms with Crippen LogP contribution in [0.5, 0.6) is 17.2 Å². The fourth-order valence-corrected chi connectivity index (χ4v) is 8.12. The quantitative estimate of drug-likeness (QED) is 0.0287. The number of carboxylic acids is 1. The molecule has 1 heterocycles. The summed E-state index contributed by atoms with van der Waals surface area (Å²) in [4.78, 5) is 24.3. The van der Waals surface area contributed by atoms with Gasteiger partial charge in [0, 0.05) is 22.9 Å². The Labute approximate surface area is 376 Å². The number of nitrogens with zero attached hydrogens (tertiary/aromatic N) is 8. The molecule has 26 heteroatoms. The summed E-state index contributed by atoms with van der Waals surface area (Å²) in [6.07, 6.45) is 0. The van der Waals surface area contributed by atoms with E-state index in [1.54, 1.807) is 24.3 Å². The second-order valence-electron chi connectivity index (χ2n) is 13.5. The van der Waals surface area contributed by atoms with E-state index in [-0.39, 0.29) is 74.2 Å². The van der Waals surface area contributed by atoms with Gasteiger partial charge in [0.05, 0.1) is 34.4 Å². The topological polar surface area (TPSA) is 352 Å². The molecule has 3 unspecified atom stereocenters. The summed E-state index contributed by atoms with van der Waals surface area (Å²) in [5.41, 5.74) is -1.52. The molecular formula is C40H32N8O15S3. The highest BCUT2D eigenvalue weighted by Crippen LogP contribution is 2.45. The Bertz CT molecular complexity index is 3200. The van der Waals surface area contributed by atoms with E-state index >= 15 is 0 Å². The summed E-state index contributed by atoms with van der Waals surface area (Å²) in [5.74, 6) is -3.32. The number of carbonyl (C=O) groups is 2. The molecule has 7 rings (SSSR count). The third-order valence-electron chi connectivity index (χ3n) is 9.30. The molecule has 3 atom stereocenters. The summed E-state index contributed by atoms with van der Waals surface area (Å²) in [7, 11) is -4.82. The van der Waals surface area contributed by atoms with Crippen molar-refractivity contribution in [3.05, 3.63) is 97.1 Å². The predicted molar refractivity (Wildman–Crippen MR) is 235 cm³/mol. The molecule has 1 aliphatic rings. The van der Waals surface area contributed by atoms with Crippen LogP contribution in [0.4, 0.5) is 34.1 Å². The average molecular weight is 961 g/mol. The fourth-order valence-electron chi connectivity index (χ4n) is 6.38. The van der Waals surface area contributed by atoms with Gasteiger partial charge in [-0.15, -0.1) is 20.5 Å². The monoisotopic (exact) mass is 960 g/mol. The number of phenols is 1. The van der Waals surface area contributed by atoms with Crippen molar-refractivity contribution in [2.24, 2.45) is 35.8 Å². The van der Waals surface area contributed by atoms with E-state index < -0.39 is 90.4 Å². The molecule has 1 aliphatic heterocycles. The van der Waals surface area contributed by atoms with Crippen LogP contribution in [0.25, 0.3) is 21.5 Å². The molecule has 0 saturated carbocycles. The third kappa shape index (κ3) is 9.99. The van der Waals surface area contributed by atoms with Crippen molar-refractivity contribution in [2.75, 3.05) is 31.4 Å². The maximum Gasteiger partial charge on any atom is 0.355 e. The predicted octanol–water partition coefficient (Wildman–Crippen LogP) is 6.62. The van der Waals surface area contributed by atoms with E-state index in [0.717, 1.165) is 5.01 Å². The molecule has 0 aliphatic carbocycles. The van der Waals surface area contributed by atoms with Crippen molar-refractivity contribution in [3.8, 4) is 17.2 Å². The standard InChI is InChI=1S/C40H32N8O15S3/c49-13-15-62-31-20-30(32(63-16-14-50)19-29(31)43-42-28-12-5-21-3-1-2-4-27(21)38(28)66(59,60)61)44-45-34-33(65(57)58)18-22-17-23(6-11-26(22)37(34)51)41-46-35-36(40(53)54)47-48(39(35)52)24-7-9-25(10-8-24)64(55)56/h1-12,17-20,35,49-51H,13-16H2,(H,53,54)(H,55,56)(H,57,58)(H,59,60,61). The first-order valence-corrected chi connectivity index (χ1v) is 22.4. The molecule has 7 N–H and O–H groups in total. The summed E-state index contributed by atoms with van der Waals surface area (Å²) in [6, 6.07) is 20.3. The van der Waals surface area contributed by atoms with Crippen LogP contribution in [0.3, 0.4) is 0 Å². The Kier molecular flexibility index (Phi) is 14.0. The number of ether oxygens (including phenoxy) is 2. The molecule has 0 bridgehead atoms. The van der Waals surface area contributed by atoms with Crippen LogP contribution in [0.2, 0.25) is 0 Å². The Morgan fingerprint density at radius 3 is 1.98 bits per heavy atom. The summed E-state index contributed by atoms with van der Waals surface area (Å²) in [5, 5.41) is 70.0. The zero-order chi connectivity index (χ0) is 47.3. The van der Waals surface area contributed by atoms with Crippen LogP contribution in [0, 0.1) is 0 Å². The van der Waals surface area contributed by atoms with Gasteiger partial charge in [-0.2, -0.15) is 28.8 Å². The largest absolute Gasteiger partial charge is 0.505 e. The number of azo groups is 3. The maximum absolute atomic E-state index is 13.3. The average Bonchev–Trinajstić information content (AvgIpc) is 3.63. The number of phenolic OH excluding ortho intramolecular Hbond substituents is 1. The number of hydrazone groups is 1. The normalized spacial score (nSPS) is 15.3. The smallest absolute Gasteiger partial charge is 0.355 e. The van der Waals surface area contributed by atoms with Gasteiger partial charge in [-0.1, -0.05) is 30.3 Å². The van der Waals surface area contributed by atoms with Gasteiger partial charge in [-0.25, -0.2) is 13.2 Å².